The Bertz CT molecular complexity index is 541. The second-order valence-electron chi connectivity index (χ2n) is 3.58. The molecule has 5 heteroatoms. The minimum absolute atomic E-state index is 0.163. The van der Waals surface area contributed by atoms with Gasteiger partial charge in [-0.15, -0.1) is 0 Å². The van der Waals surface area contributed by atoms with Crippen LogP contribution in [0.5, 0.6) is 0 Å². The summed E-state index contributed by atoms with van der Waals surface area (Å²) in [5, 5.41) is 0.325. The van der Waals surface area contributed by atoms with Crippen molar-refractivity contribution < 1.29 is 8.78 Å². The van der Waals surface area contributed by atoms with Crippen LogP contribution < -0.4 is 0 Å². The monoisotopic (exact) mass is 273 g/mol. The van der Waals surface area contributed by atoms with Gasteiger partial charge in [0.05, 0.1) is 0 Å². The summed E-state index contributed by atoms with van der Waals surface area (Å²) in [6, 6.07) is 5.04. The second-order valence-corrected chi connectivity index (χ2v) is 4.36. The van der Waals surface area contributed by atoms with Gasteiger partial charge in [0, 0.05) is 11.6 Å². The van der Waals surface area contributed by atoms with Crippen LogP contribution in [0.25, 0.3) is 11.1 Å². The largest absolute Gasteiger partial charge is 0.224 e. The van der Waals surface area contributed by atoms with Crippen molar-refractivity contribution in [1.29, 1.82) is 0 Å². The van der Waals surface area contributed by atoms with Gasteiger partial charge in [-0.2, -0.15) is 0 Å². The summed E-state index contributed by atoms with van der Waals surface area (Å²) in [6.07, 6.45) is 0. The number of benzene rings is 1. The topological polar surface area (TPSA) is 12.9 Å². The van der Waals surface area contributed by atoms with Crippen LogP contribution in [0.2, 0.25) is 10.3 Å². The van der Waals surface area contributed by atoms with Crippen molar-refractivity contribution in [2.45, 2.75) is 6.92 Å². The number of aromatic nitrogens is 1. The first kappa shape index (κ1) is 12.3. The highest BCUT2D eigenvalue weighted by Gasteiger charge is 2.12. The first-order valence-electron chi connectivity index (χ1n) is 4.76. The molecule has 0 fully saturated rings. The molecule has 0 aliphatic rings. The molecule has 0 radical (unpaired) electrons. The van der Waals surface area contributed by atoms with Crippen molar-refractivity contribution in [3.05, 3.63) is 51.8 Å². The standard InChI is InChI=1S/C12H7Cl2F2N/c1-6-2-8(15)5-9(16)12(6)7-3-10(13)17-11(14)4-7/h2-5H,1H3. The van der Waals surface area contributed by atoms with E-state index in [-0.39, 0.29) is 15.9 Å². The van der Waals surface area contributed by atoms with Crippen LogP contribution in [-0.2, 0) is 0 Å². The summed E-state index contributed by atoms with van der Waals surface area (Å²) >= 11 is 11.5. The van der Waals surface area contributed by atoms with Gasteiger partial charge in [-0.3, -0.25) is 0 Å². The van der Waals surface area contributed by atoms with Gasteiger partial charge in [0.1, 0.15) is 21.9 Å². The zero-order valence-corrected chi connectivity index (χ0v) is 10.3. The molecule has 0 amide bonds. The van der Waals surface area contributed by atoms with E-state index in [1.54, 1.807) is 6.92 Å². The van der Waals surface area contributed by atoms with E-state index in [0.717, 1.165) is 6.07 Å². The van der Waals surface area contributed by atoms with Gasteiger partial charge in [0.25, 0.3) is 0 Å². The van der Waals surface area contributed by atoms with Gasteiger partial charge in [-0.25, -0.2) is 13.8 Å². The lowest BCUT2D eigenvalue weighted by molar-refractivity contribution is 0.584. The maximum atomic E-state index is 13.7. The molecule has 0 saturated carbocycles. The Hall–Kier alpha value is -1.19. The fourth-order valence-corrected chi connectivity index (χ4v) is 2.14. The minimum Gasteiger partial charge on any atom is -0.224 e. The van der Waals surface area contributed by atoms with Crippen molar-refractivity contribution in [2.24, 2.45) is 0 Å². The van der Waals surface area contributed by atoms with Crippen molar-refractivity contribution in [3.8, 4) is 11.1 Å². The Kier molecular flexibility index (Phi) is 3.31. The van der Waals surface area contributed by atoms with Crippen LogP contribution in [0.15, 0.2) is 24.3 Å². The lowest BCUT2D eigenvalue weighted by Crippen LogP contribution is -1.92. The fraction of sp³-hybridized carbons (Fsp3) is 0.0833. The Morgan fingerprint density at radius 3 is 2.12 bits per heavy atom. The highest BCUT2D eigenvalue weighted by atomic mass is 35.5. The van der Waals surface area contributed by atoms with Crippen LogP contribution >= 0.6 is 23.2 Å². The Labute approximate surface area is 107 Å². The molecule has 0 aliphatic heterocycles. The van der Waals surface area contributed by atoms with Crippen LogP contribution in [0.4, 0.5) is 8.78 Å². The highest BCUT2D eigenvalue weighted by Crippen LogP contribution is 2.30. The molecule has 1 heterocycles. The third-order valence-corrected chi connectivity index (χ3v) is 2.69. The summed E-state index contributed by atoms with van der Waals surface area (Å²) in [5.74, 6) is -1.27. The summed E-state index contributed by atoms with van der Waals surface area (Å²) in [6.45, 7) is 1.61. The predicted molar refractivity (Wildman–Crippen MR) is 64.3 cm³/mol. The zero-order valence-electron chi connectivity index (χ0n) is 8.77. The highest BCUT2D eigenvalue weighted by molar-refractivity contribution is 6.32. The third-order valence-electron chi connectivity index (χ3n) is 2.30. The number of hydrogen-bond donors (Lipinski definition) is 0. The average molecular weight is 274 g/mol. The van der Waals surface area contributed by atoms with Gasteiger partial charge < -0.3 is 0 Å². The van der Waals surface area contributed by atoms with E-state index in [4.69, 9.17) is 23.2 Å². The molecule has 17 heavy (non-hydrogen) atoms. The summed E-state index contributed by atoms with van der Waals surface area (Å²) in [4.78, 5) is 3.77. The van der Waals surface area contributed by atoms with E-state index in [1.165, 1.54) is 18.2 Å². The average Bonchev–Trinajstić information content (AvgIpc) is 2.13. The van der Waals surface area contributed by atoms with Gasteiger partial charge >= 0.3 is 0 Å². The van der Waals surface area contributed by atoms with Crippen LogP contribution in [0, 0.1) is 18.6 Å². The molecular formula is C12H7Cl2F2N. The maximum Gasteiger partial charge on any atom is 0.134 e. The van der Waals surface area contributed by atoms with Gasteiger partial charge in [0.15, 0.2) is 0 Å². The van der Waals surface area contributed by atoms with E-state index in [9.17, 15) is 8.78 Å². The van der Waals surface area contributed by atoms with Crippen molar-refractivity contribution >= 4 is 23.2 Å². The summed E-state index contributed by atoms with van der Waals surface area (Å²) in [5.41, 5.74) is 1.23. The number of hydrogen-bond acceptors (Lipinski definition) is 1. The van der Waals surface area contributed by atoms with Crippen molar-refractivity contribution in [1.82, 2.24) is 4.98 Å². The maximum absolute atomic E-state index is 13.7. The van der Waals surface area contributed by atoms with E-state index >= 15 is 0 Å². The van der Waals surface area contributed by atoms with Gasteiger partial charge in [0.2, 0.25) is 0 Å². The normalized spacial score (nSPS) is 10.6. The number of halogens is 4. The molecule has 1 nitrogen and oxygen atoms in total. The minimum atomic E-state index is -0.652. The molecule has 0 atom stereocenters. The predicted octanol–water partition coefficient (Wildman–Crippen LogP) is 4.64. The van der Waals surface area contributed by atoms with Crippen molar-refractivity contribution in [3.63, 3.8) is 0 Å². The molecular weight excluding hydrogens is 267 g/mol. The first-order chi connectivity index (χ1) is 7.97. The quantitative estimate of drug-likeness (QED) is 0.690. The second kappa shape index (κ2) is 4.59. The molecule has 0 unspecified atom stereocenters. The van der Waals surface area contributed by atoms with E-state index in [2.05, 4.69) is 4.98 Å². The molecule has 2 rings (SSSR count). The zero-order chi connectivity index (χ0) is 12.6. The lowest BCUT2D eigenvalue weighted by Gasteiger charge is -2.08. The van der Waals surface area contributed by atoms with Crippen LogP contribution in [0.1, 0.15) is 5.56 Å². The molecule has 1 aromatic heterocycles. The number of rotatable bonds is 1. The Morgan fingerprint density at radius 1 is 1.00 bits per heavy atom. The van der Waals surface area contributed by atoms with Gasteiger partial charge in [-0.1, -0.05) is 23.2 Å². The molecule has 0 saturated heterocycles. The van der Waals surface area contributed by atoms with E-state index in [1.807, 2.05) is 0 Å². The summed E-state index contributed by atoms with van der Waals surface area (Å²) < 4.78 is 26.7. The molecule has 2 aromatic rings. The smallest absolute Gasteiger partial charge is 0.134 e. The molecule has 88 valence electrons. The third kappa shape index (κ3) is 2.56. The van der Waals surface area contributed by atoms with Gasteiger partial charge in [-0.05, 0) is 36.2 Å². The molecule has 1 aromatic carbocycles. The molecule has 0 spiro atoms. The van der Waals surface area contributed by atoms with E-state index in [0.29, 0.717) is 11.1 Å². The lowest BCUT2D eigenvalue weighted by atomic mass is 10.0. The van der Waals surface area contributed by atoms with E-state index < -0.39 is 11.6 Å². The SMILES string of the molecule is Cc1cc(F)cc(F)c1-c1cc(Cl)nc(Cl)c1. The van der Waals surface area contributed by atoms with Crippen molar-refractivity contribution in [2.75, 3.05) is 0 Å². The Balaban J connectivity index is 2.68. The number of nitrogens with zero attached hydrogens (tertiary/aromatic N) is 1. The first-order valence-corrected chi connectivity index (χ1v) is 5.52. The number of aryl methyl sites for hydroxylation is 1. The summed E-state index contributed by atoms with van der Waals surface area (Å²) in [7, 11) is 0. The van der Waals surface area contributed by atoms with Crippen LogP contribution in [0.3, 0.4) is 0 Å². The molecule has 0 bridgehead atoms. The fourth-order valence-electron chi connectivity index (χ4n) is 1.68. The molecule has 0 N–H and O–H groups in total. The molecule has 0 aliphatic carbocycles. The number of pyridine rings is 1. The Morgan fingerprint density at radius 2 is 1.59 bits per heavy atom. The van der Waals surface area contributed by atoms with Crippen LogP contribution in [-0.4, -0.2) is 4.98 Å².